The van der Waals surface area contributed by atoms with Gasteiger partial charge in [0.15, 0.2) is 6.61 Å². The van der Waals surface area contributed by atoms with Crippen LogP contribution < -0.4 is 5.32 Å². The number of hydrogen-bond donors (Lipinski definition) is 1. The molecule has 1 aliphatic rings. The average Bonchev–Trinajstić information content (AvgIpc) is 2.82. The van der Waals surface area contributed by atoms with Crippen molar-refractivity contribution in [3.8, 4) is 0 Å². The highest BCUT2D eigenvalue weighted by atomic mass is 32.2. The van der Waals surface area contributed by atoms with Crippen LogP contribution >= 0.6 is 11.8 Å². The number of hydrogen-bond acceptors (Lipinski definition) is 5. The minimum atomic E-state index is -2.51. The molecular weight excluding hydrogens is 450 g/mol. The van der Waals surface area contributed by atoms with E-state index in [0.717, 1.165) is 5.56 Å². The fourth-order valence-electron chi connectivity index (χ4n) is 3.34. The molecule has 0 spiro atoms. The highest BCUT2D eigenvalue weighted by Crippen LogP contribution is 2.26. The second-order valence-electron chi connectivity index (χ2n) is 7.40. The second kappa shape index (κ2) is 12.2. The van der Waals surface area contributed by atoms with Crippen molar-refractivity contribution in [3.05, 3.63) is 66.2 Å². The smallest absolute Gasteiger partial charge is 0.309 e. The van der Waals surface area contributed by atoms with E-state index in [1.165, 1.54) is 30.3 Å². The van der Waals surface area contributed by atoms with E-state index in [0.29, 0.717) is 48.3 Å². The van der Waals surface area contributed by atoms with E-state index in [-0.39, 0.29) is 11.8 Å². The Bertz CT molecular complexity index is 976. The molecule has 33 heavy (non-hydrogen) atoms. The lowest BCUT2D eigenvalue weighted by atomic mass is 9.97. The van der Waals surface area contributed by atoms with Gasteiger partial charge in [0.25, 0.3) is 11.7 Å². The maximum Gasteiger partial charge on any atom is 0.309 e. The van der Waals surface area contributed by atoms with Crippen molar-refractivity contribution >= 4 is 41.3 Å². The highest BCUT2D eigenvalue weighted by molar-refractivity contribution is 7.99. The van der Waals surface area contributed by atoms with Crippen LogP contribution in [0.15, 0.2) is 65.6 Å². The molecule has 9 heteroatoms. The van der Waals surface area contributed by atoms with E-state index in [4.69, 9.17) is 4.74 Å². The molecule has 0 aromatic heterocycles. The number of benzene rings is 2. The SMILES string of the molecule is O=C(COC(=O)C1CCN(C(=O)/C=C/c2ccccc2)CC1)Nc1ccc(SC(F)F)cc1. The fourth-order valence-corrected chi connectivity index (χ4v) is 3.84. The van der Waals surface area contributed by atoms with Gasteiger partial charge in [-0.25, -0.2) is 0 Å². The topological polar surface area (TPSA) is 75.7 Å². The number of carbonyl (C=O) groups is 3. The normalized spacial score (nSPS) is 14.5. The molecule has 0 unspecified atom stereocenters. The quantitative estimate of drug-likeness (QED) is 0.348. The first kappa shape index (κ1) is 24.4. The molecule has 1 heterocycles. The predicted octanol–water partition coefficient (Wildman–Crippen LogP) is 4.44. The van der Waals surface area contributed by atoms with Crippen molar-refractivity contribution in [2.24, 2.45) is 5.92 Å². The largest absolute Gasteiger partial charge is 0.455 e. The monoisotopic (exact) mass is 474 g/mol. The minimum Gasteiger partial charge on any atom is -0.455 e. The Hall–Kier alpha value is -3.20. The first-order valence-electron chi connectivity index (χ1n) is 10.4. The number of halogens is 2. The molecule has 1 fully saturated rings. The molecule has 6 nitrogen and oxygen atoms in total. The predicted molar refractivity (Wildman–Crippen MR) is 123 cm³/mol. The summed E-state index contributed by atoms with van der Waals surface area (Å²) in [5.41, 5.74) is 1.36. The molecule has 174 valence electrons. The zero-order valence-electron chi connectivity index (χ0n) is 17.8. The van der Waals surface area contributed by atoms with Gasteiger partial charge in [-0.1, -0.05) is 42.1 Å². The summed E-state index contributed by atoms with van der Waals surface area (Å²) in [6.45, 7) is 0.436. The number of ether oxygens (including phenoxy) is 1. The third-order valence-electron chi connectivity index (χ3n) is 5.07. The summed E-state index contributed by atoms with van der Waals surface area (Å²) in [4.78, 5) is 38.7. The van der Waals surface area contributed by atoms with E-state index >= 15 is 0 Å². The number of nitrogens with one attached hydrogen (secondary N) is 1. The first-order chi connectivity index (χ1) is 15.9. The van der Waals surface area contributed by atoms with Crippen LogP contribution in [0, 0.1) is 5.92 Å². The number of likely N-dealkylation sites (tertiary alicyclic amines) is 1. The van der Waals surface area contributed by atoms with Gasteiger partial charge in [-0.05, 0) is 48.7 Å². The number of carbonyl (C=O) groups excluding carboxylic acids is 3. The summed E-state index contributed by atoms with van der Waals surface area (Å²) < 4.78 is 29.8. The van der Waals surface area contributed by atoms with Gasteiger partial charge >= 0.3 is 5.97 Å². The number of esters is 1. The van der Waals surface area contributed by atoms with E-state index in [2.05, 4.69) is 5.32 Å². The Morgan fingerprint density at radius 3 is 2.36 bits per heavy atom. The third-order valence-corrected chi connectivity index (χ3v) is 5.79. The molecule has 2 aromatic carbocycles. The summed E-state index contributed by atoms with van der Waals surface area (Å²) in [5, 5.41) is 2.56. The molecule has 0 bridgehead atoms. The summed E-state index contributed by atoms with van der Waals surface area (Å²) in [7, 11) is 0. The molecule has 0 atom stereocenters. The molecule has 1 N–H and O–H groups in total. The Labute approximate surface area is 195 Å². The average molecular weight is 475 g/mol. The van der Waals surface area contributed by atoms with Crippen molar-refractivity contribution in [2.45, 2.75) is 23.5 Å². The Morgan fingerprint density at radius 2 is 1.73 bits per heavy atom. The summed E-state index contributed by atoms with van der Waals surface area (Å²) in [5.74, 6) is -3.98. The van der Waals surface area contributed by atoms with E-state index in [1.54, 1.807) is 11.0 Å². The molecular formula is C24H24F2N2O4S. The van der Waals surface area contributed by atoms with Crippen molar-refractivity contribution in [3.63, 3.8) is 0 Å². The summed E-state index contributed by atoms with van der Waals surface area (Å²) in [6.07, 6.45) is 4.22. The molecule has 3 rings (SSSR count). The number of thioether (sulfide) groups is 1. The number of piperidine rings is 1. The van der Waals surface area contributed by atoms with Crippen LogP contribution in [-0.4, -0.2) is 48.1 Å². The van der Waals surface area contributed by atoms with Gasteiger partial charge in [0.1, 0.15) is 0 Å². The van der Waals surface area contributed by atoms with Crippen LogP contribution in [0.1, 0.15) is 18.4 Å². The van der Waals surface area contributed by atoms with Crippen molar-refractivity contribution < 1.29 is 27.9 Å². The van der Waals surface area contributed by atoms with E-state index in [9.17, 15) is 23.2 Å². The lowest BCUT2D eigenvalue weighted by Gasteiger charge is -2.30. The number of amides is 2. The van der Waals surface area contributed by atoms with Crippen molar-refractivity contribution in [1.29, 1.82) is 0 Å². The summed E-state index contributed by atoms with van der Waals surface area (Å²) >= 11 is 0.416. The Kier molecular flexibility index (Phi) is 9.00. The van der Waals surface area contributed by atoms with Gasteiger partial charge < -0.3 is 15.0 Å². The third kappa shape index (κ3) is 8.02. The van der Waals surface area contributed by atoms with Gasteiger partial charge in [0.05, 0.1) is 5.92 Å². The number of nitrogens with zero attached hydrogens (tertiary/aromatic N) is 1. The lowest BCUT2D eigenvalue weighted by molar-refractivity contribution is -0.153. The van der Waals surface area contributed by atoms with Crippen molar-refractivity contribution in [1.82, 2.24) is 4.90 Å². The van der Waals surface area contributed by atoms with E-state index in [1.807, 2.05) is 30.3 Å². The molecule has 0 aliphatic carbocycles. The molecule has 0 saturated carbocycles. The van der Waals surface area contributed by atoms with Gasteiger partial charge in [0, 0.05) is 29.7 Å². The maximum atomic E-state index is 12.3. The lowest BCUT2D eigenvalue weighted by Crippen LogP contribution is -2.40. The first-order valence-corrected chi connectivity index (χ1v) is 11.3. The van der Waals surface area contributed by atoms with E-state index < -0.39 is 24.2 Å². The fraction of sp³-hybridized carbons (Fsp3) is 0.292. The number of rotatable bonds is 8. The molecule has 1 saturated heterocycles. The van der Waals surface area contributed by atoms with Crippen molar-refractivity contribution in [2.75, 3.05) is 25.0 Å². The van der Waals surface area contributed by atoms with Crippen LogP contribution in [0.4, 0.5) is 14.5 Å². The molecule has 0 radical (unpaired) electrons. The maximum absolute atomic E-state index is 12.3. The molecule has 1 aliphatic heterocycles. The van der Waals surface area contributed by atoms with Gasteiger partial charge in [-0.2, -0.15) is 8.78 Å². The number of anilines is 1. The minimum absolute atomic E-state index is 0.108. The van der Waals surface area contributed by atoms with Crippen LogP contribution in [0.2, 0.25) is 0 Å². The van der Waals surface area contributed by atoms with Gasteiger partial charge in [-0.3, -0.25) is 14.4 Å². The Morgan fingerprint density at radius 1 is 1.06 bits per heavy atom. The van der Waals surface area contributed by atoms with Crippen LogP contribution in [0.25, 0.3) is 6.08 Å². The zero-order valence-corrected chi connectivity index (χ0v) is 18.6. The molecule has 2 aromatic rings. The molecule has 2 amide bonds. The standard InChI is InChI=1S/C24H24F2N2O4S/c25-24(26)33-20-9-7-19(8-10-20)27-21(29)16-32-23(31)18-12-14-28(15-13-18)22(30)11-6-17-4-2-1-3-5-17/h1-11,18,24H,12-16H2,(H,27,29)/b11-6+. The highest BCUT2D eigenvalue weighted by Gasteiger charge is 2.28. The van der Waals surface area contributed by atoms with Gasteiger partial charge in [0.2, 0.25) is 5.91 Å². The number of alkyl halides is 2. The van der Waals surface area contributed by atoms with Gasteiger partial charge in [-0.15, -0.1) is 0 Å². The zero-order chi connectivity index (χ0) is 23.6. The second-order valence-corrected chi connectivity index (χ2v) is 8.47. The summed E-state index contributed by atoms with van der Waals surface area (Å²) in [6, 6.07) is 15.5. The Balaban J connectivity index is 1.38. The van der Waals surface area contributed by atoms with Crippen LogP contribution in [0.5, 0.6) is 0 Å². The van der Waals surface area contributed by atoms with Crippen LogP contribution in [0.3, 0.4) is 0 Å². The van der Waals surface area contributed by atoms with Crippen LogP contribution in [-0.2, 0) is 19.1 Å².